The van der Waals surface area contributed by atoms with E-state index >= 15 is 0 Å². The largest absolute Gasteiger partial charge is 0.398 e. The second-order valence-corrected chi connectivity index (χ2v) is 4.23. The van der Waals surface area contributed by atoms with Crippen molar-refractivity contribution in [2.24, 2.45) is 7.05 Å². The van der Waals surface area contributed by atoms with E-state index in [1.54, 1.807) is 23.3 Å². The van der Waals surface area contributed by atoms with Gasteiger partial charge in [0.25, 0.3) is 0 Å². The number of aromatic nitrogens is 4. The lowest BCUT2D eigenvalue weighted by Gasteiger charge is -2.06. The Kier molecular flexibility index (Phi) is 2.26. The van der Waals surface area contributed by atoms with Crippen LogP contribution in [0.4, 0.5) is 5.69 Å². The molecule has 0 amide bonds. The van der Waals surface area contributed by atoms with Crippen molar-refractivity contribution in [3.63, 3.8) is 0 Å². The van der Waals surface area contributed by atoms with E-state index in [1.165, 1.54) is 0 Å². The second kappa shape index (κ2) is 3.80. The summed E-state index contributed by atoms with van der Waals surface area (Å²) < 4.78 is 1.75. The molecule has 5 nitrogen and oxygen atoms in total. The topological polar surface area (TPSA) is 69.6 Å². The first-order valence-corrected chi connectivity index (χ1v) is 5.66. The van der Waals surface area contributed by atoms with Crippen LogP contribution >= 0.6 is 0 Å². The highest BCUT2D eigenvalue weighted by Crippen LogP contribution is 2.32. The summed E-state index contributed by atoms with van der Waals surface area (Å²) in [4.78, 5) is 8.45. The van der Waals surface area contributed by atoms with Gasteiger partial charge in [0.15, 0.2) is 5.65 Å². The van der Waals surface area contributed by atoms with E-state index < -0.39 is 0 Å². The summed E-state index contributed by atoms with van der Waals surface area (Å²) in [6.07, 6.45) is 5.28. The maximum atomic E-state index is 6.25. The zero-order valence-corrected chi connectivity index (χ0v) is 10.3. The summed E-state index contributed by atoms with van der Waals surface area (Å²) in [5.41, 5.74) is 10.6. The first-order chi connectivity index (χ1) is 8.68. The number of nitrogens with two attached hydrogens (primary N) is 1. The van der Waals surface area contributed by atoms with Crippen molar-refractivity contribution in [2.45, 2.75) is 6.92 Å². The van der Waals surface area contributed by atoms with Gasteiger partial charge in [0, 0.05) is 31.2 Å². The molecule has 5 heteroatoms. The summed E-state index contributed by atoms with van der Waals surface area (Å²) in [6.45, 7) is 1.94. The van der Waals surface area contributed by atoms with Gasteiger partial charge in [-0.3, -0.25) is 9.67 Å². The van der Waals surface area contributed by atoms with Crippen molar-refractivity contribution < 1.29 is 0 Å². The third-order valence-corrected chi connectivity index (χ3v) is 3.06. The van der Waals surface area contributed by atoms with Crippen molar-refractivity contribution in [1.29, 1.82) is 0 Å². The standard InChI is InChI=1S/C13H13N5/c1-8-11-12(14)10(9-3-5-15-6-4-9)7-16-13(11)18(2)17-8/h3-7H,1-2H3,(H2,14,16). The molecule has 0 fully saturated rings. The molecule has 0 aliphatic rings. The van der Waals surface area contributed by atoms with E-state index in [0.29, 0.717) is 0 Å². The normalized spacial score (nSPS) is 11.0. The first-order valence-electron chi connectivity index (χ1n) is 5.66. The molecule has 0 saturated carbocycles. The Morgan fingerprint density at radius 1 is 1.22 bits per heavy atom. The lowest BCUT2D eigenvalue weighted by atomic mass is 10.1. The van der Waals surface area contributed by atoms with Gasteiger partial charge in [-0.15, -0.1) is 0 Å². The van der Waals surface area contributed by atoms with E-state index in [4.69, 9.17) is 5.73 Å². The van der Waals surface area contributed by atoms with E-state index in [1.807, 2.05) is 26.1 Å². The zero-order chi connectivity index (χ0) is 12.7. The number of pyridine rings is 2. The predicted molar refractivity (Wildman–Crippen MR) is 70.9 cm³/mol. The second-order valence-electron chi connectivity index (χ2n) is 4.23. The molecule has 3 aromatic heterocycles. The maximum Gasteiger partial charge on any atom is 0.159 e. The van der Waals surface area contributed by atoms with E-state index in [2.05, 4.69) is 15.1 Å². The Labute approximate surface area is 104 Å². The van der Waals surface area contributed by atoms with Crippen molar-refractivity contribution in [2.75, 3.05) is 5.73 Å². The van der Waals surface area contributed by atoms with Crippen LogP contribution in [0.5, 0.6) is 0 Å². The maximum absolute atomic E-state index is 6.25. The number of anilines is 1. The Balaban J connectivity index is 2.33. The molecule has 2 N–H and O–H groups in total. The fourth-order valence-electron chi connectivity index (χ4n) is 2.20. The Bertz CT molecular complexity index is 715. The predicted octanol–water partition coefficient (Wildman–Crippen LogP) is 1.92. The van der Waals surface area contributed by atoms with Crippen LogP contribution in [0.15, 0.2) is 30.7 Å². The molecule has 0 bridgehead atoms. The third-order valence-electron chi connectivity index (χ3n) is 3.06. The van der Waals surface area contributed by atoms with Crippen molar-refractivity contribution >= 4 is 16.7 Å². The van der Waals surface area contributed by atoms with Gasteiger partial charge >= 0.3 is 0 Å². The lowest BCUT2D eigenvalue weighted by Crippen LogP contribution is -1.96. The number of aryl methyl sites for hydroxylation is 2. The van der Waals surface area contributed by atoms with Crippen LogP contribution in [0.25, 0.3) is 22.2 Å². The minimum Gasteiger partial charge on any atom is -0.398 e. The molecule has 18 heavy (non-hydrogen) atoms. The number of nitrogens with zero attached hydrogens (tertiary/aromatic N) is 4. The number of rotatable bonds is 1. The van der Waals surface area contributed by atoms with E-state index in [9.17, 15) is 0 Å². The molecule has 0 radical (unpaired) electrons. The molecule has 0 saturated heterocycles. The first kappa shape index (κ1) is 10.7. The smallest absolute Gasteiger partial charge is 0.159 e. The van der Waals surface area contributed by atoms with Crippen LogP contribution in [-0.2, 0) is 7.05 Å². The Morgan fingerprint density at radius 3 is 2.67 bits per heavy atom. The molecule has 90 valence electrons. The minimum absolute atomic E-state index is 0.719. The van der Waals surface area contributed by atoms with Crippen molar-refractivity contribution in [1.82, 2.24) is 19.7 Å². The molecule has 3 rings (SSSR count). The fraction of sp³-hybridized carbons (Fsp3) is 0.154. The molecular formula is C13H13N5. The molecular weight excluding hydrogens is 226 g/mol. The van der Waals surface area contributed by atoms with E-state index in [-0.39, 0.29) is 0 Å². The quantitative estimate of drug-likeness (QED) is 0.704. The molecule has 0 unspecified atom stereocenters. The summed E-state index contributed by atoms with van der Waals surface area (Å²) in [5, 5.41) is 5.27. The van der Waals surface area contributed by atoms with Crippen molar-refractivity contribution in [3.05, 3.63) is 36.4 Å². The van der Waals surface area contributed by atoms with Gasteiger partial charge in [0.2, 0.25) is 0 Å². The van der Waals surface area contributed by atoms with Crippen molar-refractivity contribution in [3.8, 4) is 11.1 Å². The average Bonchev–Trinajstić information content (AvgIpc) is 2.67. The third kappa shape index (κ3) is 1.44. The number of hydrogen-bond acceptors (Lipinski definition) is 4. The highest BCUT2D eigenvalue weighted by Gasteiger charge is 2.13. The van der Waals surface area contributed by atoms with Gasteiger partial charge in [-0.05, 0) is 24.6 Å². The fourth-order valence-corrected chi connectivity index (χ4v) is 2.20. The van der Waals surface area contributed by atoms with Gasteiger partial charge in [-0.25, -0.2) is 4.98 Å². The Hall–Kier alpha value is -2.43. The summed E-state index contributed by atoms with van der Waals surface area (Å²) in [7, 11) is 1.87. The summed E-state index contributed by atoms with van der Waals surface area (Å²) >= 11 is 0. The zero-order valence-electron chi connectivity index (χ0n) is 10.3. The lowest BCUT2D eigenvalue weighted by molar-refractivity contribution is 0.774. The van der Waals surface area contributed by atoms with Gasteiger partial charge < -0.3 is 5.73 Å². The monoisotopic (exact) mass is 239 g/mol. The summed E-state index contributed by atoms with van der Waals surface area (Å²) in [5.74, 6) is 0. The highest BCUT2D eigenvalue weighted by atomic mass is 15.3. The molecule has 0 atom stereocenters. The van der Waals surface area contributed by atoms with Gasteiger partial charge in [0.05, 0.1) is 16.8 Å². The van der Waals surface area contributed by atoms with Crippen LogP contribution in [0.2, 0.25) is 0 Å². The van der Waals surface area contributed by atoms with Crippen LogP contribution in [0, 0.1) is 6.92 Å². The van der Waals surface area contributed by atoms with Crippen LogP contribution in [-0.4, -0.2) is 19.7 Å². The molecule has 0 spiro atoms. The SMILES string of the molecule is Cc1nn(C)c2ncc(-c3ccncc3)c(N)c12. The number of hydrogen-bond donors (Lipinski definition) is 1. The van der Waals surface area contributed by atoms with Gasteiger partial charge in [0.1, 0.15) is 0 Å². The molecule has 0 aliphatic carbocycles. The van der Waals surface area contributed by atoms with Gasteiger partial charge in [-0.2, -0.15) is 5.10 Å². The number of fused-ring (bicyclic) bond motifs is 1. The van der Waals surface area contributed by atoms with Crippen LogP contribution < -0.4 is 5.73 Å². The average molecular weight is 239 g/mol. The summed E-state index contributed by atoms with van der Waals surface area (Å²) in [6, 6.07) is 3.84. The van der Waals surface area contributed by atoms with Gasteiger partial charge in [-0.1, -0.05) is 0 Å². The Morgan fingerprint density at radius 2 is 1.94 bits per heavy atom. The number of nitrogen functional groups attached to an aromatic ring is 1. The van der Waals surface area contributed by atoms with E-state index in [0.717, 1.165) is 33.5 Å². The molecule has 0 aliphatic heterocycles. The van der Waals surface area contributed by atoms with Crippen LogP contribution in [0.3, 0.4) is 0 Å². The molecule has 0 aromatic carbocycles. The minimum atomic E-state index is 0.719. The molecule has 3 aromatic rings. The highest BCUT2D eigenvalue weighted by molar-refractivity contribution is 5.98. The molecule has 3 heterocycles. The van der Waals surface area contributed by atoms with Crippen LogP contribution in [0.1, 0.15) is 5.69 Å².